The van der Waals surface area contributed by atoms with Gasteiger partial charge < -0.3 is 19.3 Å². The molecule has 0 spiro atoms. The van der Waals surface area contributed by atoms with Crippen LogP contribution in [0.2, 0.25) is 0 Å². The summed E-state index contributed by atoms with van der Waals surface area (Å²) >= 11 is 0. The van der Waals surface area contributed by atoms with Crippen LogP contribution in [-0.4, -0.2) is 18.2 Å². The van der Waals surface area contributed by atoms with E-state index in [1.54, 1.807) is 19.2 Å². The van der Waals surface area contributed by atoms with Gasteiger partial charge in [-0.25, -0.2) is 4.79 Å². The molecule has 0 fully saturated rings. The minimum absolute atomic E-state index is 0.0969. The van der Waals surface area contributed by atoms with Crippen molar-refractivity contribution in [3.8, 4) is 17.2 Å². The van der Waals surface area contributed by atoms with Crippen molar-refractivity contribution in [2.75, 3.05) is 7.11 Å². The van der Waals surface area contributed by atoms with E-state index in [1.807, 2.05) is 54.6 Å². The van der Waals surface area contributed by atoms with Crippen molar-refractivity contribution < 1.29 is 24.1 Å². The fourth-order valence-corrected chi connectivity index (χ4v) is 2.55. The predicted octanol–water partition coefficient (Wildman–Crippen LogP) is 4.55. The maximum atomic E-state index is 11.5. The van der Waals surface area contributed by atoms with Crippen LogP contribution in [0.15, 0.2) is 72.8 Å². The van der Waals surface area contributed by atoms with E-state index in [0.29, 0.717) is 12.4 Å². The van der Waals surface area contributed by atoms with Gasteiger partial charge in [0.25, 0.3) is 0 Å². The van der Waals surface area contributed by atoms with Gasteiger partial charge in [0.15, 0.2) is 0 Å². The first-order valence-electron chi connectivity index (χ1n) is 8.45. The Labute approximate surface area is 157 Å². The van der Waals surface area contributed by atoms with Gasteiger partial charge in [-0.1, -0.05) is 42.5 Å². The molecule has 5 heteroatoms. The smallest absolute Gasteiger partial charge is 0.339 e. The number of aromatic carboxylic acids is 1. The molecule has 0 atom stereocenters. The van der Waals surface area contributed by atoms with Gasteiger partial charge in [-0.3, -0.25) is 0 Å². The number of benzene rings is 3. The summed E-state index contributed by atoms with van der Waals surface area (Å²) < 4.78 is 16.7. The van der Waals surface area contributed by atoms with E-state index in [2.05, 4.69) is 0 Å². The molecule has 0 aromatic heterocycles. The molecule has 5 nitrogen and oxygen atoms in total. The third-order valence-corrected chi connectivity index (χ3v) is 3.96. The predicted molar refractivity (Wildman–Crippen MR) is 102 cm³/mol. The zero-order chi connectivity index (χ0) is 19.1. The Balaban J connectivity index is 1.73. The SMILES string of the molecule is COc1cccc(COc2ccc(C(=O)O)c(OCc3ccccc3)c2)c1. The van der Waals surface area contributed by atoms with Crippen LogP contribution >= 0.6 is 0 Å². The number of ether oxygens (including phenoxy) is 3. The molecular weight excluding hydrogens is 344 g/mol. The van der Waals surface area contributed by atoms with Gasteiger partial charge in [0, 0.05) is 6.07 Å². The first kappa shape index (κ1) is 18.3. The van der Waals surface area contributed by atoms with Gasteiger partial charge in [0.1, 0.15) is 36.0 Å². The summed E-state index contributed by atoms with van der Waals surface area (Å²) in [5.41, 5.74) is 2.00. The summed E-state index contributed by atoms with van der Waals surface area (Å²) in [4.78, 5) is 11.5. The topological polar surface area (TPSA) is 65.0 Å². The second kappa shape index (κ2) is 8.76. The maximum Gasteiger partial charge on any atom is 0.339 e. The van der Waals surface area contributed by atoms with E-state index in [9.17, 15) is 9.90 Å². The molecule has 0 aliphatic heterocycles. The lowest BCUT2D eigenvalue weighted by Crippen LogP contribution is -2.04. The Bertz CT molecular complexity index is 906. The van der Waals surface area contributed by atoms with E-state index in [-0.39, 0.29) is 17.9 Å². The highest BCUT2D eigenvalue weighted by Gasteiger charge is 2.13. The van der Waals surface area contributed by atoms with Crippen LogP contribution in [0.4, 0.5) is 0 Å². The van der Waals surface area contributed by atoms with Gasteiger partial charge in [-0.05, 0) is 35.4 Å². The standard InChI is InChI=1S/C22H20O5/c1-25-18-9-5-8-17(12-18)15-26-19-10-11-20(22(23)24)21(13-19)27-14-16-6-3-2-4-7-16/h2-13H,14-15H2,1H3,(H,23,24). The van der Waals surface area contributed by atoms with E-state index in [4.69, 9.17) is 14.2 Å². The van der Waals surface area contributed by atoms with Gasteiger partial charge in [-0.2, -0.15) is 0 Å². The Kier molecular flexibility index (Phi) is 5.94. The largest absolute Gasteiger partial charge is 0.497 e. The lowest BCUT2D eigenvalue weighted by molar-refractivity contribution is 0.0691. The molecule has 0 saturated carbocycles. The molecule has 3 aromatic rings. The number of carboxylic acids is 1. The van der Waals surface area contributed by atoms with Crippen molar-refractivity contribution in [2.45, 2.75) is 13.2 Å². The molecule has 1 N–H and O–H groups in total. The van der Waals surface area contributed by atoms with Crippen molar-refractivity contribution in [3.05, 3.63) is 89.5 Å². The van der Waals surface area contributed by atoms with Crippen LogP contribution in [-0.2, 0) is 13.2 Å². The molecule has 0 radical (unpaired) electrons. The van der Waals surface area contributed by atoms with Gasteiger partial charge in [0.05, 0.1) is 7.11 Å². The Morgan fingerprint density at radius 3 is 2.30 bits per heavy atom. The molecule has 0 bridgehead atoms. The summed E-state index contributed by atoms with van der Waals surface area (Å²) in [5, 5.41) is 9.38. The zero-order valence-corrected chi connectivity index (χ0v) is 14.9. The first-order valence-corrected chi connectivity index (χ1v) is 8.45. The highest BCUT2D eigenvalue weighted by atomic mass is 16.5. The molecule has 0 amide bonds. The third-order valence-electron chi connectivity index (χ3n) is 3.96. The fourth-order valence-electron chi connectivity index (χ4n) is 2.55. The number of hydrogen-bond donors (Lipinski definition) is 1. The molecular formula is C22H20O5. The van der Waals surface area contributed by atoms with E-state index < -0.39 is 5.97 Å². The lowest BCUT2D eigenvalue weighted by Gasteiger charge is -2.12. The second-order valence-electron chi connectivity index (χ2n) is 5.88. The third kappa shape index (κ3) is 5.01. The van der Waals surface area contributed by atoms with Gasteiger partial charge in [-0.15, -0.1) is 0 Å². The monoisotopic (exact) mass is 364 g/mol. The van der Waals surface area contributed by atoms with Crippen LogP contribution in [0.1, 0.15) is 21.5 Å². The summed E-state index contributed by atoms with van der Waals surface area (Å²) in [5.74, 6) is 0.516. The zero-order valence-electron chi connectivity index (χ0n) is 14.9. The van der Waals surface area contributed by atoms with Crippen LogP contribution in [0.5, 0.6) is 17.2 Å². The molecule has 0 heterocycles. The Hall–Kier alpha value is -3.47. The lowest BCUT2D eigenvalue weighted by atomic mass is 10.2. The quantitative estimate of drug-likeness (QED) is 0.635. The second-order valence-corrected chi connectivity index (χ2v) is 5.88. The van der Waals surface area contributed by atoms with Crippen LogP contribution in [0, 0.1) is 0 Å². The fraction of sp³-hybridized carbons (Fsp3) is 0.136. The molecule has 3 rings (SSSR count). The molecule has 0 aliphatic carbocycles. The minimum Gasteiger partial charge on any atom is -0.497 e. The van der Waals surface area contributed by atoms with Gasteiger partial charge >= 0.3 is 5.97 Å². The highest BCUT2D eigenvalue weighted by Crippen LogP contribution is 2.27. The summed E-state index contributed by atoms with van der Waals surface area (Å²) in [6.07, 6.45) is 0. The van der Waals surface area contributed by atoms with Crippen molar-refractivity contribution in [1.29, 1.82) is 0 Å². The Morgan fingerprint density at radius 1 is 0.815 bits per heavy atom. The summed E-state index contributed by atoms with van der Waals surface area (Å²) in [7, 11) is 1.61. The van der Waals surface area contributed by atoms with Crippen LogP contribution in [0.3, 0.4) is 0 Å². The maximum absolute atomic E-state index is 11.5. The normalized spacial score (nSPS) is 10.3. The number of carbonyl (C=O) groups is 1. The molecule has 0 aliphatic rings. The van der Waals surface area contributed by atoms with Crippen LogP contribution < -0.4 is 14.2 Å². The highest BCUT2D eigenvalue weighted by molar-refractivity contribution is 5.91. The molecule has 0 saturated heterocycles. The van der Waals surface area contributed by atoms with E-state index in [0.717, 1.165) is 16.9 Å². The molecule has 3 aromatic carbocycles. The molecule has 27 heavy (non-hydrogen) atoms. The number of methoxy groups -OCH3 is 1. The van der Waals surface area contributed by atoms with Crippen molar-refractivity contribution in [3.63, 3.8) is 0 Å². The number of hydrogen-bond acceptors (Lipinski definition) is 4. The van der Waals surface area contributed by atoms with Gasteiger partial charge in [0.2, 0.25) is 0 Å². The molecule has 138 valence electrons. The average molecular weight is 364 g/mol. The van der Waals surface area contributed by atoms with Crippen molar-refractivity contribution in [2.24, 2.45) is 0 Å². The summed E-state index contributed by atoms with van der Waals surface area (Å²) in [6, 6.07) is 21.9. The minimum atomic E-state index is -1.04. The number of carboxylic acid groups (broad SMARTS) is 1. The molecule has 0 unspecified atom stereocenters. The van der Waals surface area contributed by atoms with Crippen molar-refractivity contribution in [1.82, 2.24) is 0 Å². The van der Waals surface area contributed by atoms with Crippen LogP contribution in [0.25, 0.3) is 0 Å². The van der Waals surface area contributed by atoms with Crippen molar-refractivity contribution >= 4 is 5.97 Å². The number of rotatable bonds is 8. The average Bonchev–Trinajstić information content (AvgIpc) is 2.71. The Morgan fingerprint density at radius 2 is 1.56 bits per heavy atom. The first-order chi connectivity index (χ1) is 13.2. The van der Waals surface area contributed by atoms with E-state index in [1.165, 1.54) is 6.07 Å². The summed E-state index contributed by atoms with van der Waals surface area (Å²) in [6.45, 7) is 0.613. The van der Waals surface area contributed by atoms with E-state index >= 15 is 0 Å².